The quantitative estimate of drug-likeness (QED) is 0.784. The molecule has 114 valence electrons. The number of hydrogen-bond donors (Lipinski definition) is 1. The molecule has 1 aromatic carbocycles. The van der Waals surface area contributed by atoms with Gasteiger partial charge in [-0.15, -0.1) is 0 Å². The minimum absolute atomic E-state index is 0.130. The smallest absolute Gasteiger partial charge is 0.254 e. The standard InChI is InChI=1S/C16H19N5O/c1-4-22-14-7-5-13(6-8-14)12(3)20-15-9-11(2)19-16-17-10-18-21(15)16/h5-10,12,20H,4H2,1-3H3. The van der Waals surface area contributed by atoms with Crippen LogP contribution in [0.3, 0.4) is 0 Å². The number of hydrogen-bond acceptors (Lipinski definition) is 5. The molecule has 1 N–H and O–H groups in total. The van der Waals surface area contributed by atoms with Crippen LogP contribution in [-0.2, 0) is 0 Å². The van der Waals surface area contributed by atoms with Crippen LogP contribution in [-0.4, -0.2) is 26.2 Å². The van der Waals surface area contributed by atoms with Gasteiger partial charge in [0.15, 0.2) is 0 Å². The summed E-state index contributed by atoms with van der Waals surface area (Å²) in [7, 11) is 0. The summed E-state index contributed by atoms with van der Waals surface area (Å²) in [5, 5.41) is 7.66. The molecule has 2 aromatic heterocycles. The van der Waals surface area contributed by atoms with Crippen molar-refractivity contribution in [1.82, 2.24) is 19.6 Å². The number of benzene rings is 1. The Labute approximate surface area is 129 Å². The number of nitrogens with zero attached hydrogens (tertiary/aromatic N) is 4. The van der Waals surface area contributed by atoms with E-state index in [4.69, 9.17) is 4.74 Å². The number of rotatable bonds is 5. The first-order chi connectivity index (χ1) is 10.7. The highest BCUT2D eigenvalue weighted by Gasteiger charge is 2.10. The molecule has 0 aliphatic carbocycles. The van der Waals surface area contributed by atoms with Crippen LogP contribution in [0.15, 0.2) is 36.7 Å². The van der Waals surface area contributed by atoms with Gasteiger partial charge < -0.3 is 10.1 Å². The van der Waals surface area contributed by atoms with Gasteiger partial charge in [-0.3, -0.25) is 0 Å². The second-order valence-corrected chi connectivity index (χ2v) is 5.12. The van der Waals surface area contributed by atoms with E-state index in [1.165, 1.54) is 11.9 Å². The lowest BCUT2D eigenvalue weighted by Crippen LogP contribution is -2.11. The fourth-order valence-electron chi connectivity index (χ4n) is 2.36. The summed E-state index contributed by atoms with van der Waals surface area (Å²) in [6.45, 7) is 6.70. The lowest BCUT2D eigenvalue weighted by atomic mass is 10.1. The highest BCUT2D eigenvalue weighted by atomic mass is 16.5. The summed E-state index contributed by atoms with van der Waals surface area (Å²) in [5.74, 6) is 2.36. The fraction of sp³-hybridized carbons (Fsp3) is 0.312. The van der Waals surface area contributed by atoms with Crippen LogP contribution < -0.4 is 10.1 Å². The Hall–Kier alpha value is -2.63. The van der Waals surface area contributed by atoms with Gasteiger partial charge in [-0.2, -0.15) is 14.6 Å². The Morgan fingerprint density at radius 1 is 1.27 bits per heavy atom. The van der Waals surface area contributed by atoms with Crippen molar-refractivity contribution in [2.45, 2.75) is 26.8 Å². The van der Waals surface area contributed by atoms with Crippen molar-refractivity contribution in [3.8, 4) is 5.75 Å². The summed E-state index contributed by atoms with van der Waals surface area (Å²) in [4.78, 5) is 8.48. The van der Waals surface area contributed by atoms with E-state index in [0.29, 0.717) is 12.4 Å². The first-order valence-corrected chi connectivity index (χ1v) is 7.34. The fourth-order valence-corrected chi connectivity index (χ4v) is 2.36. The van der Waals surface area contributed by atoms with Crippen LogP contribution in [0.4, 0.5) is 5.82 Å². The number of aromatic nitrogens is 4. The molecule has 0 fully saturated rings. The third-order valence-electron chi connectivity index (χ3n) is 3.44. The van der Waals surface area contributed by atoms with Crippen molar-refractivity contribution >= 4 is 11.6 Å². The molecular weight excluding hydrogens is 278 g/mol. The van der Waals surface area contributed by atoms with Crippen LogP contribution in [0.2, 0.25) is 0 Å². The third-order valence-corrected chi connectivity index (χ3v) is 3.44. The predicted molar refractivity (Wildman–Crippen MR) is 85.2 cm³/mol. The molecule has 3 aromatic rings. The van der Waals surface area contributed by atoms with E-state index in [0.717, 1.165) is 17.3 Å². The Morgan fingerprint density at radius 3 is 2.77 bits per heavy atom. The van der Waals surface area contributed by atoms with Crippen LogP contribution in [0.25, 0.3) is 5.78 Å². The molecule has 22 heavy (non-hydrogen) atoms. The molecule has 0 bridgehead atoms. The monoisotopic (exact) mass is 297 g/mol. The Morgan fingerprint density at radius 2 is 2.05 bits per heavy atom. The Kier molecular flexibility index (Phi) is 3.91. The second-order valence-electron chi connectivity index (χ2n) is 5.12. The number of nitrogens with one attached hydrogen (secondary N) is 1. The summed E-state index contributed by atoms with van der Waals surface area (Å²) in [5.41, 5.74) is 2.08. The van der Waals surface area contributed by atoms with E-state index < -0.39 is 0 Å². The Bertz CT molecular complexity index is 766. The van der Waals surface area contributed by atoms with E-state index in [1.54, 1.807) is 4.52 Å². The SMILES string of the molecule is CCOc1ccc(C(C)Nc2cc(C)nc3ncnn23)cc1. The third kappa shape index (κ3) is 2.86. The van der Waals surface area contributed by atoms with Gasteiger partial charge in [0.1, 0.15) is 17.9 Å². The first-order valence-electron chi connectivity index (χ1n) is 7.34. The van der Waals surface area contributed by atoms with E-state index >= 15 is 0 Å². The van der Waals surface area contributed by atoms with Gasteiger partial charge in [0.2, 0.25) is 0 Å². The normalized spacial score (nSPS) is 12.3. The maximum absolute atomic E-state index is 5.47. The van der Waals surface area contributed by atoms with Gasteiger partial charge in [0.25, 0.3) is 5.78 Å². The van der Waals surface area contributed by atoms with E-state index in [1.807, 2.05) is 32.0 Å². The van der Waals surface area contributed by atoms with Gasteiger partial charge in [-0.25, -0.2) is 4.98 Å². The van der Waals surface area contributed by atoms with Crippen LogP contribution in [0.1, 0.15) is 31.1 Å². The van der Waals surface area contributed by atoms with Crippen molar-refractivity contribution in [1.29, 1.82) is 0 Å². The van der Waals surface area contributed by atoms with Crippen LogP contribution in [0.5, 0.6) is 5.75 Å². The highest BCUT2D eigenvalue weighted by molar-refractivity contribution is 5.46. The average Bonchev–Trinajstić information content (AvgIpc) is 2.96. The second kappa shape index (κ2) is 6.01. The molecule has 0 aliphatic rings. The molecule has 6 nitrogen and oxygen atoms in total. The zero-order chi connectivity index (χ0) is 15.5. The number of aryl methyl sites for hydroxylation is 1. The molecule has 1 unspecified atom stereocenters. The predicted octanol–water partition coefficient (Wildman–Crippen LogP) is 3.00. The van der Waals surface area contributed by atoms with Crippen molar-refractivity contribution < 1.29 is 4.74 Å². The van der Waals surface area contributed by atoms with Gasteiger partial charge in [0.05, 0.1) is 6.61 Å². The van der Waals surface area contributed by atoms with E-state index in [-0.39, 0.29) is 6.04 Å². The van der Waals surface area contributed by atoms with Crippen molar-refractivity contribution in [2.75, 3.05) is 11.9 Å². The lowest BCUT2D eigenvalue weighted by Gasteiger charge is -2.17. The molecule has 2 heterocycles. The van der Waals surface area contributed by atoms with Crippen molar-refractivity contribution in [3.63, 3.8) is 0 Å². The molecule has 0 saturated carbocycles. The van der Waals surface area contributed by atoms with Gasteiger partial charge >= 0.3 is 0 Å². The number of anilines is 1. The van der Waals surface area contributed by atoms with Crippen molar-refractivity contribution in [3.05, 3.63) is 47.9 Å². The van der Waals surface area contributed by atoms with Gasteiger partial charge in [-0.05, 0) is 38.5 Å². The molecule has 0 aliphatic heterocycles. The van der Waals surface area contributed by atoms with E-state index in [9.17, 15) is 0 Å². The molecular formula is C16H19N5O. The lowest BCUT2D eigenvalue weighted by molar-refractivity contribution is 0.340. The highest BCUT2D eigenvalue weighted by Crippen LogP contribution is 2.22. The maximum Gasteiger partial charge on any atom is 0.254 e. The topological polar surface area (TPSA) is 64.3 Å². The summed E-state index contributed by atoms with van der Waals surface area (Å²) in [6.07, 6.45) is 1.51. The minimum atomic E-state index is 0.130. The number of ether oxygens (including phenoxy) is 1. The van der Waals surface area contributed by atoms with Gasteiger partial charge in [0, 0.05) is 17.8 Å². The van der Waals surface area contributed by atoms with E-state index in [2.05, 4.69) is 39.4 Å². The summed E-state index contributed by atoms with van der Waals surface area (Å²) in [6, 6.07) is 10.2. The molecule has 3 rings (SSSR count). The van der Waals surface area contributed by atoms with Crippen molar-refractivity contribution in [2.24, 2.45) is 0 Å². The molecule has 0 amide bonds. The maximum atomic E-state index is 5.47. The van der Waals surface area contributed by atoms with Gasteiger partial charge in [-0.1, -0.05) is 12.1 Å². The molecule has 6 heteroatoms. The number of fused-ring (bicyclic) bond motifs is 1. The molecule has 0 spiro atoms. The minimum Gasteiger partial charge on any atom is -0.494 e. The molecule has 1 atom stereocenters. The zero-order valence-electron chi connectivity index (χ0n) is 12.9. The van der Waals surface area contributed by atoms with Crippen LogP contribution >= 0.6 is 0 Å². The van der Waals surface area contributed by atoms with Crippen LogP contribution in [0, 0.1) is 6.92 Å². The summed E-state index contributed by atoms with van der Waals surface area (Å²) >= 11 is 0. The average molecular weight is 297 g/mol. The Balaban J connectivity index is 1.83. The first kappa shape index (κ1) is 14.3. The summed E-state index contributed by atoms with van der Waals surface area (Å²) < 4.78 is 7.18. The molecule has 0 saturated heterocycles. The largest absolute Gasteiger partial charge is 0.494 e. The molecule has 0 radical (unpaired) electrons. The zero-order valence-corrected chi connectivity index (χ0v) is 12.9.